The number of hydrogen-bond acceptors (Lipinski definition) is 1. The second-order valence-corrected chi connectivity index (χ2v) is 3.23. The highest BCUT2D eigenvalue weighted by Gasteiger charge is 2.06. The lowest BCUT2D eigenvalue weighted by molar-refractivity contribution is 0.578. The summed E-state index contributed by atoms with van der Waals surface area (Å²) in [6, 6.07) is 2.12. The average molecular weight is 197 g/mol. The predicted octanol–water partition coefficient (Wildman–Crippen LogP) is 3.78. The first-order valence-corrected chi connectivity index (χ1v) is 4.54. The van der Waals surface area contributed by atoms with Crippen molar-refractivity contribution in [3.8, 4) is 0 Å². The number of nitrogens with zero attached hydrogens (tertiary/aromatic N) is 1. The van der Waals surface area contributed by atoms with E-state index in [2.05, 4.69) is 4.99 Å². The second kappa shape index (κ2) is 4.31. The smallest absolute Gasteiger partial charge is 0.131 e. The quantitative estimate of drug-likeness (QED) is 0.640. The molecule has 0 aliphatic heterocycles. The van der Waals surface area contributed by atoms with Crippen molar-refractivity contribution in [1.82, 2.24) is 0 Å². The Hall–Kier alpha value is -1.25. The molecule has 1 nitrogen and oxygen atoms in total. The molecule has 0 fully saturated rings. The standard InChI is InChI=1S/C11H13F2N/c1-4-7(2)14-11-6-9(12)5-10(13)8(11)3/h5-6H,4H2,1-3H3/b14-7-. The highest BCUT2D eigenvalue weighted by atomic mass is 19.1. The van der Waals surface area contributed by atoms with E-state index in [1.54, 1.807) is 6.92 Å². The van der Waals surface area contributed by atoms with Crippen LogP contribution in [0.15, 0.2) is 17.1 Å². The largest absolute Gasteiger partial charge is 0.258 e. The molecule has 1 aromatic rings. The molecule has 0 heterocycles. The van der Waals surface area contributed by atoms with Crippen molar-refractivity contribution < 1.29 is 8.78 Å². The zero-order valence-corrected chi connectivity index (χ0v) is 8.56. The van der Waals surface area contributed by atoms with Gasteiger partial charge < -0.3 is 0 Å². The minimum Gasteiger partial charge on any atom is -0.258 e. The van der Waals surface area contributed by atoms with Gasteiger partial charge in [-0.2, -0.15) is 0 Å². The van der Waals surface area contributed by atoms with E-state index in [0.717, 1.165) is 18.2 Å². The summed E-state index contributed by atoms with van der Waals surface area (Å²) < 4.78 is 25.9. The van der Waals surface area contributed by atoms with Crippen molar-refractivity contribution in [2.75, 3.05) is 0 Å². The Balaban J connectivity index is 3.21. The highest BCUT2D eigenvalue weighted by Crippen LogP contribution is 2.23. The Bertz CT molecular complexity index is 370. The molecule has 0 radical (unpaired) electrons. The Kier molecular flexibility index (Phi) is 3.33. The van der Waals surface area contributed by atoms with Gasteiger partial charge in [0.2, 0.25) is 0 Å². The molecular formula is C11H13F2N. The SMILES string of the molecule is CC/C(C)=N\c1cc(F)cc(F)c1C. The third-order valence-electron chi connectivity index (χ3n) is 2.10. The summed E-state index contributed by atoms with van der Waals surface area (Å²) in [7, 11) is 0. The summed E-state index contributed by atoms with van der Waals surface area (Å²) in [4.78, 5) is 4.14. The van der Waals surface area contributed by atoms with Crippen LogP contribution in [0.1, 0.15) is 25.8 Å². The molecule has 0 amide bonds. The maximum Gasteiger partial charge on any atom is 0.131 e. The predicted molar refractivity (Wildman–Crippen MR) is 54.2 cm³/mol. The van der Waals surface area contributed by atoms with E-state index < -0.39 is 11.6 Å². The lowest BCUT2D eigenvalue weighted by Gasteiger charge is -2.03. The van der Waals surface area contributed by atoms with Crippen LogP contribution in [0, 0.1) is 18.6 Å². The molecule has 0 bridgehead atoms. The minimum absolute atomic E-state index is 0.377. The van der Waals surface area contributed by atoms with Gasteiger partial charge in [0.15, 0.2) is 0 Å². The fourth-order valence-electron chi connectivity index (χ4n) is 1.03. The van der Waals surface area contributed by atoms with Crippen LogP contribution < -0.4 is 0 Å². The fraction of sp³-hybridized carbons (Fsp3) is 0.364. The van der Waals surface area contributed by atoms with Gasteiger partial charge in [0.05, 0.1) is 5.69 Å². The maximum absolute atomic E-state index is 13.1. The Labute approximate surface area is 82.5 Å². The van der Waals surface area contributed by atoms with Crippen LogP contribution >= 0.6 is 0 Å². The summed E-state index contributed by atoms with van der Waals surface area (Å²) in [5, 5.41) is 0. The van der Waals surface area contributed by atoms with Gasteiger partial charge in [-0.05, 0) is 26.3 Å². The molecule has 0 spiro atoms. The number of benzene rings is 1. The summed E-state index contributed by atoms with van der Waals surface area (Å²) in [6.45, 7) is 5.38. The van der Waals surface area contributed by atoms with E-state index in [9.17, 15) is 8.78 Å². The van der Waals surface area contributed by atoms with Crippen LogP contribution in [-0.4, -0.2) is 5.71 Å². The highest BCUT2D eigenvalue weighted by molar-refractivity contribution is 5.84. The molecule has 1 aromatic carbocycles. The van der Waals surface area contributed by atoms with Gasteiger partial charge in [0.25, 0.3) is 0 Å². The molecule has 0 atom stereocenters. The van der Waals surface area contributed by atoms with E-state index in [4.69, 9.17) is 0 Å². The molecule has 14 heavy (non-hydrogen) atoms. The van der Waals surface area contributed by atoms with Crippen molar-refractivity contribution in [3.05, 3.63) is 29.3 Å². The van der Waals surface area contributed by atoms with Crippen molar-refractivity contribution in [2.45, 2.75) is 27.2 Å². The van der Waals surface area contributed by atoms with E-state index in [-0.39, 0.29) is 0 Å². The molecule has 3 heteroatoms. The molecule has 0 saturated heterocycles. The van der Waals surface area contributed by atoms with Gasteiger partial charge in [-0.15, -0.1) is 0 Å². The maximum atomic E-state index is 13.1. The Morgan fingerprint density at radius 3 is 2.57 bits per heavy atom. The Morgan fingerprint density at radius 1 is 1.36 bits per heavy atom. The van der Waals surface area contributed by atoms with E-state index in [0.29, 0.717) is 11.3 Å². The molecule has 0 N–H and O–H groups in total. The zero-order valence-electron chi connectivity index (χ0n) is 8.56. The number of hydrogen-bond donors (Lipinski definition) is 0. The second-order valence-electron chi connectivity index (χ2n) is 3.23. The average Bonchev–Trinajstić information content (AvgIpc) is 2.13. The third kappa shape index (κ3) is 2.37. The number of rotatable bonds is 2. The van der Waals surface area contributed by atoms with Gasteiger partial charge in [-0.3, -0.25) is 4.99 Å². The topological polar surface area (TPSA) is 12.4 Å². The first kappa shape index (κ1) is 10.8. The zero-order chi connectivity index (χ0) is 10.7. The summed E-state index contributed by atoms with van der Waals surface area (Å²) in [6.07, 6.45) is 0.775. The van der Waals surface area contributed by atoms with Crippen LogP contribution in [0.4, 0.5) is 14.5 Å². The van der Waals surface area contributed by atoms with Crippen LogP contribution in [0.2, 0.25) is 0 Å². The van der Waals surface area contributed by atoms with Crippen LogP contribution in [0.5, 0.6) is 0 Å². The fourth-order valence-corrected chi connectivity index (χ4v) is 1.03. The van der Waals surface area contributed by atoms with E-state index in [1.807, 2.05) is 13.8 Å². The van der Waals surface area contributed by atoms with Crippen LogP contribution in [0.25, 0.3) is 0 Å². The first-order valence-electron chi connectivity index (χ1n) is 4.54. The summed E-state index contributed by atoms with van der Waals surface area (Å²) in [5.74, 6) is -1.14. The monoisotopic (exact) mass is 197 g/mol. The van der Waals surface area contributed by atoms with Gasteiger partial charge in [0.1, 0.15) is 11.6 Å². The molecule has 0 unspecified atom stereocenters. The molecule has 76 valence electrons. The van der Waals surface area contributed by atoms with Gasteiger partial charge in [-0.1, -0.05) is 6.92 Å². The third-order valence-corrected chi connectivity index (χ3v) is 2.10. The van der Waals surface area contributed by atoms with Crippen LogP contribution in [-0.2, 0) is 0 Å². The Morgan fingerprint density at radius 2 is 2.00 bits per heavy atom. The molecule has 0 saturated carbocycles. The number of aliphatic imine (C=N–C) groups is 1. The van der Waals surface area contributed by atoms with Crippen molar-refractivity contribution in [3.63, 3.8) is 0 Å². The molecule has 1 rings (SSSR count). The lowest BCUT2D eigenvalue weighted by atomic mass is 10.2. The van der Waals surface area contributed by atoms with E-state index >= 15 is 0 Å². The normalized spacial score (nSPS) is 11.9. The van der Waals surface area contributed by atoms with Crippen molar-refractivity contribution in [1.29, 1.82) is 0 Å². The molecule has 0 aliphatic rings. The van der Waals surface area contributed by atoms with Crippen molar-refractivity contribution >= 4 is 11.4 Å². The first-order chi connectivity index (χ1) is 6.54. The summed E-state index contributed by atoms with van der Waals surface area (Å²) in [5.41, 5.74) is 1.62. The molecule has 0 aromatic heterocycles. The van der Waals surface area contributed by atoms with Gasteiger partial charge in [0, 0.05) is 17.3 Å². The van der Waals surface area contributed by atoms with Gasteiger partial charge >= 0.3 is 0 Å². The summed E-state index contributed by atoms with van der Waals surface area (Å²) >= 11 is 0. The molecular weight excluding hydrogens is 184 g/mol. The van der Waals surface area contributed by atoms with Crippen molar-refractivity contribution in [2.24, 2.45) is 4.99 Å². The van der Waals surface area contributed by atoms with Gasteiger partial charge in [-0.25, -0.2) is 8.78 Å². The minimum atomic E-state index is -0.587. The lowest BCUT2D eigenvalue weighted by Crippen LogP contribution is -1.90. The van der Waals surface area contributed by atoms with E-state index in [1.165, 1.54) is 6.07 Å². The number of halogens is 2. The van der Waals surface area contributed by atoms with Crippen LogP contribution in [0.3, 0.4) is 0 Å². The molecule has 0 aliphatic carbocycles.